The zero-order valence-electron chi connectivity index (χ0n) is 15.7. The highest BCUT2D eigenvalue weighted by molar-refractivity contribution is 5.93. The average molecular weight is 386 g/mol. The molecule has 8 heteroatoms. The molecular weight excluding hydrogens is 366 g/mol. The molecule has 0 unspecified atom stereocenters. The number of hydrogen-bond acceptors (Lipinski definition) is 4. The van der Waals surface area contributed by atoms with Crippen LogP contribution in [-0.4, -0.2) is 27.3 Å². The largest absolute Gasteiger partial charge is 0.435 e. The van der Waals surface area contributed by atoms with Crippen LogP contribution in [0.1, 0.15) is 27.3 Å². The van der Waals surface area contributed by atoms with Gasteiger partial charge in [0.15, 0.2) is 0 Å². The van der Waals surface area contributed by atoms with Gasteiger partial charge in [0.05, 0.1) is 6.20 Å². The smallest absolute Gasteiger partial charge is 0.387 e. The number of carbonyl (C=O) groups excluding carboxylic acids is 1. The van der Waals surface area contributed by atoms with Crippen molar-refractivity contribution in [3.63, 3.8) is 0 Å². The van der Waals surface area contributed by atoms with Crippen LogP contribution in [0.4, 0.5) is 8.78 Å². The quantitative estimate of drug-likeness (QED) is 0.702. The van der Waals surface area contributed by atoms with Crippen LogP contribution in [0, 0.1) is 13.8 Å². The Bertz CT molecular complexity index is 1000. The maximum atomic E-state index is 12.5. The predicted molar refractivity (Wildman–Crippen MR) is 100 cm³/mol. The van der Waals surface area contributed by atoms with Gasteiger partial charge in [0.1, 0.15) is 11.4 Å². The summed E-state index contributed by atoms with van der Waals surface area (Å²) >= 11 is 0. The highest BCUT2D eigenvalue weighted by atomic mass is 19.3. The average Bonchev–Trinajstić information content (AvgIpc) is 2.99. The molecule has 3 aromatic rings. The summed E-state index contributed by atoms with van der Waals surface area (Å²) in [6, 6.07) is 7.92. The molecule has 3 rings (SSSR count). The highest BCUT2D eigenvalue weighted by Gasteiger charge is 2.14. The summed E-state index contributed by atoms with van der Waals surface area (Å²) < 4.78 is 30.8. The number of aryl methyl sites for hydroxylation is 2. The molecule has 1 amide bonds. The van der Waals surface area contributed by atoms with Crippen molar-refractivity contribution in [1.82, 2.24) is 20.1 Å². The van der Waals surface area contributed by atoms with Crippen LogP contribution in [0.2, 0.25) is 0 Å². The van der Waals surface area contributed by atoms with Gasteiger partial charge < -0.3 is 10.1 Å². The Kier molecular flexibility index (Phi) is 5.67. The lowest BCUT2D eigenvalue weighted by atomic mass is 10.0. The molecule has 6 nitrogen and oxygen atoms in total. The van der Waals surface area contributed by atoms with Crippen LogP contribution in [-0.2, 0) is 13.6 Å². The first-order valence-corrected chi connectivity index (χ1v) is 8.62. The number of amides is 1. The van der Waals surface area contributed by atoms with Crippen molar-refractivity contribution in [2.75, 3.05) is 0 Å². The van der Waals surface area contributed by atoms with Crippen LogP contribution >= 0.6 is 0 Å². The van der Waals surface area contributed by atoms with Gasteiger partial charge in [-0.2, -0.15) is 13.9 Å². The van der Waals surface area contributed by atoms with E-state index < -0.39 is 6.61 Å². The molecule has 0 saturated carbocycles. The van der Waals surface area contributed by atoms with Gasteiger partial charge >= 0.3 is 6.61 Å². The minimum Gasteiger partial charge on any atom is -0.435 e. The molecule has 0 fully saturated rings. The molecule has 0 atom stereocenters. The Morgan fingerprint density at radius 2 is 2.00 bits per heavy atom. The van der Waals surface area contributed by atoms with E-state index in [9.17, 15) is 13.6 Å². The number of nitrogens with zero attached hydrogens (tertiary/aromatic N) is 3. The predicted octanol–water partition coefficient (Wildman–Crippen LogP) is 3.63. The van der Waals surface area contributed by atoms with Gasteiger partial charge in [-0.25, -0.2) is 0 Å². The lowest BCUT2D eigenvalue weighted by Crippen LogP contribution is -2.24. The lowest BCUT2D eigenvalue weighted by Gasteiger charge is -2.10. The maximum Gasteiger partial charge on any atom is 0.387 e. The summed E-state index contributed by atoms with van der Waals surface area (Å²) in [5.74, 6) is -0.312. The minimum absolute atomic E-state index is 0.0459. The molecule has 146 valence electrons. The minimum atomic E-state index is -2.89. The first kappa shape index (κ1) is 19.5. The first-order valence-electron chi connectivity index (χ1n) is 8.62. The van der Waals surface area contributed by atoms with Crippen LogP contribution in [0.15, 0.2) is 42.7 Å². The van der Waals surface area contributed by atoms with E-state index in [0.717, 1.165) is 22.4 Å². The van der Waals surface area contributed by atoms with Gasteiger partial charge in [0, 0.05) is 31.0 Å². The summed E-state index contributed by atoms with van der Waals surface area (Å²) in [6.07, 6.45) is 3.40. The van der Waals surface area contributed by atoms with E-state index in [1.54, 1.807) is 35.3 Å². The number of carbonyl (C=O) groups is 1. The number of alkyl halides is 2. The van der Waals surface area contributed by atoms with E-state index in [2.05, 4.69) is 20.1 Å². The second-order valence-electron chi connectivity index (χ2n) is 6.36. The molecule has 0 aliphatic carbocycles. The number of hydrogen-bond donors (Lipinski definition) is 1. The van der Waals surface area contributed by atoms with Crippen LogP contribution in [0.3, 0.4) is 0 Å². The van der Waals surface area contributed by atoms with Crippen LogP contribution in [0.5, 0.6) is 5.75 Å². The first-order chi connectivity index (χ1) is 13.3. The summed E-state index contributed by atoms with van der Waals surface area (Å²) in [5, 5.41) is 6.99. The molecule has 1 N–H and O–H groups in total. The summed E-state index contributed by atoms with van der Waals surface area (Å²) in [4.78, 5) is 16.7. The zero-order chi connectivity index (χ0) is 20.3. The molecule has 2 aromatic heterocycles. The van der Waals surface area contributed by atoms with Crippen LogP contribution in [0.25, 0.3) is 11.1 Å². The van der Waals surface area contributed by atoms with Crippen molar-refractivity contribution < 1.29 is 18.3 Å². The highest BCUT2D eigenvalue weighted by Crippen LogP contribution is 2.26. The second-order valence-corrected chi connectivity index (χ2v) is 6.36. The molecule has 2 heterocycles. The lowest BCUT2D eigenvalue weighted by molar-refractivity contribution is -0.0498. The Morgan fingerprint density at radius 3 is 2.68 bits per heavy atom. The topological polar surface area (TPSA) is 69.0 Å². The van der Waals surface area contributed by atoms with Gasteiger partial charge in [-0.15, -0.1) is 0 Å². The van der Waals surface area contributed by atoms with Crippen molar-refractivity contribution >= 4 is 5.91 Å². The number of ether oxygens (including phenoxy) is 1. The van der Waals surface area contributed by atoms with Gasteiger partial charge in [-0.3, -0.25) is 14.5 Å². The van der Waals surface area contributed by atoms with Gasteiger partial charge in [-0.05, 0) is 48.7 Å². The third-order valence-electron chi connectivity index (χ3n) is 4.44. The number of rotatable bonds is 6. The van der Waals surface area contributed by atoms with Crippen molar-refractivity contribution in [1.29, 1.82) is 0 Å². The normalized spacial score (nSPS) is 10.9. The Labute approximate surface area is 161 Å². The maximum absolute atomic E-state index is 12.5. The summed E-state index contributed by atoms with van der Waals surface area (Å²) in [5.41, 5.74) is 4.65. The van der Waals surface area contributed by atoms with E-state index in [0.29, 0.717) is 5.56 Å². The zero-order valence-corrected chi connectivity index (χ0v) is 15.7. The second kappa shape index (κ2) is 8.16. The fraction of sp³-hybridized carbons (Fsp3) is 0.250. The number of pyridine rings is 1. The third-order valence-corrected chi connectivity index (χ3v) is 4.44. The van der Waals surface area contributed by atoms with Gasteiger partial charge in [0.2, 0.25) is 0 Å². The number of halogens is 2. The Morgan fingerprint density at radius 1 is 1.21 bits per heavy atom. The number of nitrogens with one attached hydrogen (secondary N) is 1. The summed E-state index contributed by atoms with van der Waals surface area (Å²) in [7, 11) is 1.86. The molecule has 0 spiro atoms. The Balaban J connectivity index is 1.75. The monoisotopic (exact) mass is 386 g/mol. The van der Waals surface area contributed by atoms with E-state index >= 15 is 0 Å². The van der Waals surface area contributed by atoms with Crippen molar-refractivity contribution in [2.45, 2.75) is 27.0 Å². The van der Waals surface area contributed by atoms with E-state index in [4.69, 9.17) is 0 Å². The SMILES string of the molecule is Cc1cnc(C(=O)NCc2cccc(OC(F)F)c2)cc1-c1cnn(C)c1C. The molecule has 28 heavy (non-hydrogen) atoms. The molecule has 0 aliphatic rings. The third kappa shape index (κ3) is 4.33. The van der Waals surface area contributed by atoms with Gasteiger partial charge in [0.25, 0.3) is 5.91 Å². The molecule has 0 aliphatic heterocycles. The van der Waals surface area contributed by atoms with E-state index in [1.807, 2.05) is 20.9 Å². The number of aromatic nitrogens is 3. The Hall–Kier alpha value is -3.29. The molecule has 1 aromatic carbocycles. The van der Waals surface area contributed by atoms with Crippen molar-refractivity contribution in [3.05, 3.63) is 65.2 Å². The fourth-order valence-corrected chi connectivity index (χ4v) is 2.81. The van der Waals surface area contributed by atoms with Crippen molar-refractivity contribution in [3.8, 4) is 16.9 Å². The molecular formula is C20H20F2N4O2. The summed E-state index contributed by atoms with van der Waals surface area (Å²) in [6.45, 7) is 1.15. The molecule has 0 bridgehead atoms. The fourth-order valence-electron chi connectivity index (χ4n) is 2.81. The van der Waals surface area contributed by atoms with E-state index in [1.165, 1.54) is 12.1 Å². The standard InChI is InChI=1S/C20H20F2N4O2/c1-12-9-23-18(8-16(12)17-11-25-26(3)13(17)2)19(27)24-10-14-5-4-6-15(7-14)28-20(21)22/h4-9,11,20H,10H2,1-3H3,(H,24,27). The molecule has 0 radical (unpaired) electrons. The van der Waals surface area contributed by atoms with Crippen LogP contribution < -0.4 is 10.1 Å². The van der Waals surface area contributed by atoms with Crippen molar-refractivity contribution in [2.24, 2.45) is 7.05 Å². The molecule has 0 saturated heterocycles. The number of benzene rings is 1. The van der Waals surface area contributed by atoms with Gasteiger partial charge in [-0.1, -0.05) is 12.1 Å². The van der Waals surface area contributed by atoms with E-state index in [-0.39, 0.29) is 23.9 Å².